The van der Waals surface area contributed by atoms with Crippen LogP contribution in [0.2, 0.25) is 10.0 Å². The molecule has 2 amide bonds. The number of methoxy groups -OCH3 is 2. The van der Waals surface area contributed by atoms with Crippen molar-refractivity contribution in [3.05, 3.63) is 99.9 Å². The number of ether oxygens (including phenoxy) is 2. The van der Waals surface area contributed by atoms with Crippen LogP contribution in [0.5, 0.6) is 11.5 Å². The first-order chi connectivity index (χ1) is 20.2. The van der Waals surface area contributed by atoms with Gasteiger partial charge in [-0.2, -0.15) is 0 Å². The Labute approximate surface area is 255 Å². The number of nitrogens with one attached hydrogen (secondary N) is 2. The predicted octanol–water partition coefficient (Wildman–Crippen LogP) is 6.15. The largest absolute Gasteiger partial charge is 0.497 e. The molecule has 1 atom stereocenters. The molecule has 2 aromatic heterocycles. The number of rotatable bonds is 11. The lowest BCUT2D eigenvalue weighted by molar-refractivity contribution is -0.137. The van der Waals surface area contributed by atoms with Crippen LogP contribution in [0.4, 0.5) is 5.69 Å². The number of halogens is 2. The van der Waals surface area contributed by atoms with E-state index in [9.17, 15) is 19.5 Å². The lowest BCUT2D eigenvalue weighted by Gasteiger charge is -2.19. The van der Waals surface area contributed by atoms with E-state index in [0.717, 1.165) is 0 Å². The Bertz CT molecular complexity index is 1600. The maximum Gasteiger partial charge on any atom is 0.305 e. The van der Waals surface area contributed by atoms with E-state index in [1.165, 1.54) is 31.3 Å². The second kappa shape index (κ2) is 14.0. The average molecular weight is 628 g/mol. The molecular weight excluding hydrogens is 603 g/mol. The van der Waals surface area contributed by atoms with Crippen molar-refractivity contribution in [3.63, 3.8) is 0 Å². The topological polar surface area (TPSA) is 140 Å². The summed E-state index contributed by atoms with van der Waals surface area (Å²) in [6.07, 6.45) is 3.79. The molecule has 0 fully saturated rings. The van der Waals surface area contributed by atoms with E-state index in [0.29, 0.717) is 32.7 Å². The van der Waals surface area contributed by atoms with Gasteiger partial charge in [0.15, 0.2) is 0 Å². The second-order valence-electron chi connectivity index (χ2n) is 8.65. The number of carbonyl (C=O) groups excluding carboxylic acids is 2. The van der Waals surface area contributed by atoms with Crippen LogP contribution in [0.1, 0.15) is 38.7 Å². The van der Waals surface area contributed by atoms with Crippen LogP contribution in [0.3, 0.4) is 0 Å². The van der Waals surface area contributed by atoms with Gasteiger partial charge in [0.2, 0.25) is 0 Å². The Morgan fingerprint density at radius 2 is 1.69 bits per heavy atom. The van der Waals surface area contributed by atoms with E-state index in [2.05, 4.69) is 20.6 Å². The van der Waals surface area contributed by atoms with Gasteiger partial charge in [0.05, 0.1) is 52.7 Å². The molecule has 0 aliphatic rings. The number of benzene rings is 2. The number of amides is 2. The summed E-state index contributed by atoms with van der Waals surface area (Å²) in [5.41, 5.74) is 1.24. The Morgan fingerprint density at radius 3 is 2.33 bits per heavy atom. The number of anilines is 1. The molecule has 42 heavy (non-hydrogen) atoms. The minimum atomic E-state index is -1.11. The predicted molar refractivity (Wildman–Crippen MR) is 159 cm³/mol. The third-order valence-corrected chi connectivity index (χ3v) is 7.56. The molecule has 0 saturated carbocycles. The Morgan fingerprint density at radius 1 is 0.976 bits per heavy atom. The average Bonchev–Trinajstić information content (AvgIpc) is 2.97. The number of hydrogen-bond donors (Lipinski definition) is 3. The standard InChI is InChI=1S/C29H24Cl2N4O6S/c1-40-18-9-10-23(41-2)24(12-18)42-29-19(4-3-11-33-29)27(38)35-22(13-25(36)37)16-5-7-17(8-6-16)34-28(39)26-20(30)14-32-15-21(26)31/h3-12,14-15,22H,13H2,1-2H3,(H,34,39)(H,35,38)(H,36,37). The SMILES string of the molecule is COc1ccc(OC)c(Sc2ncccc2C(=O)NC(CC(=O)O)c2ccc(NC(=O)c3c(Cl)cncc3Cl)cc2)c1. The van der Waals surface area contributed by atoms with E-state index >= 15 is 0 Å². The van der Waals surface area contributed by atoms with Gasteiger partial charge in [-0.3, -0.25) is 19.4 Å². The van der Waals surface area contributed by atoms with Gasteiger partial charge in [0.25, 0.3) is 11.8 Å². The highest BCUT2D eigenvalue weighted by atomic mass is 35.5. The van der Waals surface area contributed by atoms with Gasteiger partial charge < -0.3 is 25.2 Å². The van der Waals surface area contributed by atoms with Crippen molar-refractivity contribution in [2.24, 2.45) is 0 Å². The molecule has 2 aromatic carbocycles. The molecule has 3 N–H and O–H groups in total. The van der Waals surface area contributed by atoms with E-state index < -0.39 is 23.8 Å². The van der Waals surface area contributed by atoms with Crippen molar-refractivity contribution in [1.82, 2.24) is 15.3 Å². The van der Waals surface area contributed by atoms with E-state index in [1.54, 1.807) is 67.9 Å². The number of nitrogens with zero attached hydrogens (tertiary/aromatic N) is 2. The molecule has 2 heterocycles. The van der Waals surface area contributed by atoms with E-state index in [-0.39, 0.29) is 27.6 Å². The Hall–Kier alpha value is -4.32. The molecular formula is C29H24Cl2N4O6S. The quantitative estimate of drug-likeness (QED) is 0.179. The first-order valence-electron chi connectivity index (χ1n) is 12.3. The number of carbonyl (C=O) groups is 3. The van der Waals surface area contributed by atoms with Crippen LogP contribution in [-0.4, -0.2) is 47.1 Å². The van der Waals surface area contributed by atoms with Crippen molar-refractivity contribution in [1.29, 1.82) is 0 Å². The number of carboxylic acid groups (broad SMARTS) is 1. The highest BCUT2D eigenvalue weighted by molar-refractivity contribution is 7.99. The summed E-state index contributed by atoms with van der Waals surface area (Å²) in [5.74, 6) is -0.986. The fraction of sp³-hybridized carbons (Fsp3) is 0.138. The highest BCUT2D eigenvalue weighted by Crippen LogP contribution is 2.38. The Balaban J connectivity index is 1.54. The van der Waals surface area contributed by atoms with E-state index in [1.807, 2.05) is 0 Å². The zero-order valence-corrected chi connectivity index (χ0v) is 24.6. The maximum absolute atomic E-state index is 13.4. The number of hydrogen-bond acceptors (Lipinski definition) is 8. The van der Waals surface area contributed by atoms with Gasteiger partial charge in [-0.05, 0) is 48.0 Å². The third kappa shape index (κ3) is 7.49. The van der Waals surface area contributed by atoms with Gasteiger partial charge in [-0.1, -0.05) is 47.1 Å². The smallest absolute Gasteiger partial charge is 0.305 e. The van der Waals surface area contributed by atoms with Gasteiger partial charge in [-0.25, -0.2) is 4.98 Å². The molecule has 4 rings (SSSR count). The molecule has 4 aromatic rings. The molecule has 10 nitrogen and oxygen atoms in total. The number of carboxylic acids is 1. The minimum absolute atomic E-state index is 0.0742. The fourth-order valence-electron chi connectivity index (χ4n) is 3.90. The lowest BCUT2D eigenvalue weighted by atomic mass is 10.0. The van der Waals surface area contributed by atoms with Crippen LogP contribution in [-0.2, 0) is 4.79 Å². The highest BCUT2D eigenvalue weighted by Gasteiger charge is 2.23. The molecule has 0 aliphatic carbocycles. The minimum Gasteiger partial charge on any atom is -0.497 e. The molecule has 1 unspecified atom stereocenters. The number of aromatic nitrogens is 2. The lowest BCUT2D eigenvalue weighted by Crippen LogP contribution is -2.30. The molecule has 0 aliphatic heterocycles. The Kier molecular flexibility index (Phi) is 10.2. The van der Waals surface area contributed by atoms with Crippen LogP contribution >= 0.6 is 35.0 Å². The molecule has 0 bridgehead atoms. The van der Waals surface area contributed by atoms with Crippen molar-refractivity contribution in [2.45, 2.75) is 22.4 Å². The van der Waals surface area contributed by atoms with Crippen LogP contribution < -0.4 is 20.1 Å². The second-order valence-corrected chi connectivity index (χ2v) is 10.5. The summed E-state index contributed by atoms with van der Waals surface area (Å²) in [6, 6.07) is 14.0. The monoisotopic (exact) mass is 626 g/mol. The summed E-state index contributed by atoms with van der Waals surface area (Å²) in [4.78, 5) is 46.7. The van der Waals surface area contributed by atoms with Gasteiger partial charge in [-0.15, -0.1) is 0 Å². The zero-order chi connectivity index (χ0) is 30.2. The summed E-state index contributed by atoms with van der Waals surface area (Å²) in [5, 5.41) is 15.6. The molecule has 0 radical (unpaired) electrons. The third-order valence-electron chi connectivity index (χ3n) is 5.93. The first kappa shape index (κ1) is 30.6. The van der Waals surface area contributed by atoms with Crippen molar-refractivity contribution in [2.75, 3.05) is 19.5 Å². The number of pyridine rings is 2. The van der Waals surface area contributed by atoms with Crippen LogP contribution in [0.25, 0.3) is 0 Å². The van der Waals surface area contributed by atoms with Crippen LogP contribution in [0, 0.1) is 0 Å². The summed E-state index contributed by atoms with van der Waals surface area (Å²) >= 11 is 13.3. The molecule has 0 saturated heterocycles. The van der Waals surface area contributed by atoms with Crippen molar-refractivity contribution < 1.29 is 29.0 Å². The fourth-order valence-corrected chi connectivity index (χ4v) is 5.45. The van der Waals surface area contributed by atoms with Crippen molar-refractivity contribution in [3.8, 4) is 11.5 Å². The van der Waals surface area contributed by atoms with Gasteiger partial charge in [0, 0.05) is 24.3 Å². The summed E-state index contributed by atoms with van der Waals surface area (Å²) in [6.45, 7) is 0. The van der Waals surface area contributed by atoms with E-state index in [4.69, 9.17) is 32.7 Å². The van der Waals surface area contributed by atoms with Crippen LogP contribution in [0.15, 0.2) is 83.1 Å². The molecule has 13 heteroatoms. The first-order valence-corrected chi connectivity index (χ1v) is 13.8. The molecule has 0 spiro atoms. The van der Waals surface area contributed by atoms with Gasteiger partial charge >= 0.3 is 5.97 Å². The van der Waals surface area contributed by atoms with Crippen molar-refractivity contribution >= 4 is 58.4 Å². The zero-order valence-electron chi connectivity index (χ0n) is 22.3. The molecule has 216 valence electrons. The summed E-state index contributed by atoms with van der Waals surface area (Å²) < 4.78 is 10.8. The maximum atomic E-state index is 13.4. The summed E-state index contributed by atoms with van der Waals surface area (Å²) in [7, 11) is 3.08. The van der Waals surface area contributed by atoms with Gasteiger partial charge in [0.1, 0.15) is 16.5 Å². The normalized spacial score (nSPS) is 11.3. The number of aliphatic carboxylic acids is 1.